The highest BCUT2D eigenvalue weighted by Gasteiger charge is 2.14. The van der Waals surface area contributed by atoms with Crippen molar-refractivity contribution in [2.45, 2.75) is 6.42 Å². The molecule has 4 heteroatoms. The second-order valence-electron chi connectivity index (χ2n) is 2.99. The molecule has 0 fully saturated rings. The lowest BCUT2D eigenvalue weighted by molar-refractivity contribution is 0.511. The Morgan fingerprint density at radius 3 is 2.69 bits per heavy atom. The second-order valence-corrected chi connectivity index (χ2v) is 2.99. The Balaban J connectivity index is 2.48. The van der Waals surface area contributed by atoms with Gasteiger partial charge in [-0.25, -0.2) is 8.78 Å². The summed E-state index contributed by atoms with van der Waals surface area (Å²) >= 11 is 0. The predicted octanol–water partition coefficient (Wildman–Crippen LogP) is 2.19. The van der Waals surface area contributed by atoms with E-state index >= 15 is 0 Å². The molecule has 70 valence electrons. The Bertz CT molecular complexity index is 326. The summed E-state index contributed by atoms with van der Waals surface area (Å²) in [7, 11) is 0. The number of hydrogen-bond acceptors (Lipinski definition) is 2. The van der Waals surface area contributed by atoms with E-state index < -0.39 is 11.6 Å². The van der Waals surface area contributed by atoms with Crippen LogP contribution >= 0.6 is 0 Å². The lowest BCUT2D eigenvalue weighted by atomic mass is 10.2. The molecule has 1 aliphatic rings. The molecular formula is C9H10F2N2. The normalized spacial score (nSPS) is 15.2. The number of rotatable bonds is 0. The molecule has 0 aliphatic carbocycles. The van der Waals surface area contributed by atoms with Crippen LogP contribution in [0.25, 0.3) is 0 Å². The van der Waals surface area contributed by atoms with Gasteiger partial charge in [-0.05, 0) is 18.6 Å². The molecule has 0 bridgehead atoms. The van der Waals surface area contributed by atoms with Gasteiger partial charge in [-0.3, -0.25) is 0 Å². The highest BCUT2D eigenvalue weighted by atomic mass is 19.2. The zero-order chi connectivity index (χ0) is 9.26. The molecule has 0 aromatic heterocycles. The SMILES string of the molecule is Fc1ccc2c(c1F)NCCCN2. The molecule has 2 nitrogen and oxygen atoms in total. The summed E-state index contributed by atoms with van der Waals surface area (Å²) in [5.74, 6) is -1.61. The van der Waals surface area contributed by atoms with Gasteiger partial charge in [0.2, 0.25) is 0 Å². The van der Waals surface area contributed by atoms with Gasteiger partial charge in [-0.1, -0.05) is 0 Å². The summed E-state index contributed by atoms with van der Waals surface area (Å²) in [5.41, 5.74) is 0.883. The molecule has 0 saturated carbocycles. The Hall–Kier alpha value is -1.32. The highest BCUT2D eigenvalue weighted by molar-refractivity contribution is 5.70. The molecule has 1 aliphatic heterocycles. The van der Waals surface area contributed by atoms with Crippen LogP contribution in [0.5, 0.6) is 0 Å². The minimum Gasteiger partial charge on any atom is -0.383 e. The van der Waals surface area contributed by atoms with Crippen LogP contribution in [0.2, 0.25) is 0 Å². The van der Waals surface area contributed by atoms with E-state index in [-0.39, 0.29) is 5.69 Å². The molecule has 0 radical (unpaired) electrons. The van der Waals surface area contributed by atoms with E-state index in [2.05, 4.69) is 10.6 Å². The lowest BCUT2D eigenvalue weighted by Crippen LogP contribution is -2.02. The Kier molecular flexibility index (Phi) is 2.04. The standard InChI is InChI=1S/C9H10F2N2/c10-6-2-3-7-9(8(6)11)13-5-1-4-12-7/h2-3,12-13H,1,4-5H2. The minimum atomic E-state index is -0.810. The summed E-state index contributed by atoms with van der Waals surface area (Å²) in [6.45, 7) is 1.45. The molecule has 1 aromatic rings. The molecule has 1 aromatic carbocycles. The smallest absolute Gasteiger partial charge is 0.183 e. The van der Waals surface area contributed by atoms with Crippen molar-refractivity contribution in [3.8, 4) is 0 Å². The predicted molar refractivity (Wildman–Crippen MR) is 48.0 cm³/mol. The van der Waals surface area contributed by atoms with Crippen LogP contribution in [0.1, 0.15) is 6.42 Å². The van der Waals surface area contributed by atoms with E-state index in [1.807, 2.05) is 0 Å². The van der Waals surface area contributed by atoms with Crippen molar-refractivity contribution in [2.75, 3.05) is 23.7 Å². The summed E-state index contributed by atoms with van der Waals surface area (Å²) in [5, 5.41) is 5.88. The number of hydrogen-bond donors (Lipinski definition) is 2. The number of fused-ring (bicyclic) bond motifs is 1. The van der Waals surface area contributed by atoms with Crippen molar-refractivity contribution >= 4 is 11.4 Å². The molecule has 1 heterocycles. The van der Waals surface area contributed by atoms with Gasteiger partial charge in [-0.2, -0.15) is 0 Å². The fourth-order valence-electron chi connectivity index (χ4n) is 1.40. The van der Waals surface area contributed by atoms with Crippen molar-refractivity contribution in [2.24, 2.45) is 0 Å². The minimum absolute atomic E-state index is 0.248. The highest BCUT2D eigenvalue weighted by Crippen LogP contribution is 2.28. The molecule has 0 amide bonds. The summed E-state index contributed by atoms with van der Waals surface area (Å²) < 4.78 is 26.0. The zero-order valence-corrected chi connectivity index (χ0v) is 7.03. The monoisotopic (exact) mass is 184 g/mol. The first-order valence-electron chi connectivity index (χ1n) is 4.25. The maximum atomic E-state index is 13.2. The number of anilines is 2. The fraction of sp³-hybridized carbons (Fsp3) is 0.333. The van der Waals surface area contributed by atoms with Crippen LogP contribution in [0.3, 0.4) is 0 Å². The van der Waals surface area contributed by atoms with Gasteiger partial charge in [0.25, 0.3) is 0 Å². The van der Waals surface area contributed by atoms with Crippen molar-refractivity contribution in [1.82, 2.24) is 0 Å². The van der Waals surface area contributed by atoms with Gasteiger partial charge >= 0.3 is 0 Å². The first-order chi connectivity index (χ1) is 6.29. The van der Waals surface area contributed by atoms with Crippen molar-refractivity contribution in [3.05, 3.63) is 23.8 Å². The average molecular weight is 184 g/mol. The zero-order valence-electron chi connectivity index (χ0n) is 7.03. The second kappa shape index (κ2) is 3.20. The largest absolute Gasteiger partial charge is 0.383 e. The van der Waals surface area contributed by atoms with E-state index in [1.54, 1.807) is 6.07 Å². The van der Waals surface area contributed by atoms with Gasteiger partial charge < -0.3 is 10.6 Å². The quantitative estimate of drug-likeness (QED) is 0.645. The number of benzene rings is 1. The van der Waals surface area contributed by atoms with E-state index in [9.17, 15) is 8.78 Å². The molecule has 2 N–H and O–H groups in total. The molecule has 2 rings (SSSR count). The molecule has 0 spiro atoms. The first-order valence-corrected chi connectivity index (χ1v) is 4.25. The molecular weight excluding hydrogens is 174 g/mol. The average Bonchev–Trinajstić information content (AvgIpc) is 2.36. The Morgan fingerprint density at radius 1 is 1.08 bits per heavy atom. The maximum Gasteiger partial charge on any atom is 0.183 e. The summed E-state index contributed by atoms with van der Waals surface area (Å²) in [6.07, 6.45) is 0.899. The van der Waals surface area contributed by atoms with E-state index in [1.165, 1.54) is 0 Å². The third-order valence-electron chi connectivity index (χ3n) is 2.07. The van der Waals surface area contributed by atoms with Gasteiger partial charge in [-0.15, -0.1) is 0 Å². The lowest BCUT2D eigenvalue weighted by Gasteiger charge is -2.09. The Morgan fingerprint density at radius 2 is 1.85 bits per heavy atom. The molecule has 0 atom stereocenters. The van der Waals surface area contributed by atoms with Crippen LogP contribution in [0, 0.1) is 11.6 Å². The van der Waals surface area contributed by atoms with Gasteiger partial charge in [0.05, 0.1) is 11.4 Å². The topological polar surface area (TPSA) is 24.1 Å². The van der Waals surface area contributed by atoms with Crippen LogP contribution < -0.4 is 10.6 Å². The first kappa shape index (κ1) is 8.29. The van der Waals surface area contributed by atoms with Gasteiger partial charge in [0.1, 0.15) is 0 Å². The van der Waals surface area contributed by atoms with Crippen molar-refractivity contribution < 1.29 is 8.78 Å². The third kappa shape index (κ3) is 1.43. The summed E-state index contributed by atoms with van der Waals surface area (Å²) in [4.78, 5) is 0. The molecule has 0 unspecified atom stereocenters. The van der Waals surface area contributed by atoms with E-state index in [0.717, 1.165) is 19.0 Å². The maximum absolute atomic E-state index is 13.2. The van der Waals surface area contributed by atoms with Crippen molar-refractivity contribution in [3.63, 3.8) is 0 Å². The Labute approximate surface area is 75.0 Å². The van der Waals surface area contributed by atoms with Gasteiger partial charge in [0.15, 0.2) is 11.6 Å². The van der Waals surface area contributed by atoms with E-state index in [4.69, 9.17) is 0 Å². The van der Waals surface area contributed by atoms with Crippen LogP contribution in [-0.4, -0.2) is 13.1 Å². The number of halogens is 2. The van der Waals surface area contributed by atoms with Crippen molar-refractivity contribution in [1.29, 1.82) is 0 Å². The van der Waals surface area contributed by atoms with Crippen LogP contribution in [0.15, 0.2) is 12.1 Å². The molecule has 13 heavy (non-hydrogen) atoms. The summed E-state index contributed by atoms with van der Waals surface area (Å²) in [6, 6.07) is 2.68. The van der Waals surface area contributed by atoms with E-state index in [0.29, 0.717) is 12.2 Å². The fourth-order valence-corrected chi connectivity index (χ4v) is 1.40. The van der Waals surface area contributed by atoms with Gasteiger partial charge in [0, 0.05) is 13.1 Å². The third-order valence-corrected chi connectivity index (χ3v) is 2.07. The molecule has 0 saturated heterocycles. The van der Waals surface area contributed by atoms with Crippen LogP contribution in [-0.2, 0) is 0 Å². The van der Waals surface area contributed by atoms with Crippen LogP contribution in [0.4, 0.5) is 20.2 Å². The number of nitrogens with one attached hydrogen (secondary N) is 2.